The molecule has 2 aliphatic rings. The minimum absolute atomic E-state index is 0.0375. The fourth-order valence-electron chi connectivity index (χ4n) is 3.60. The number of ketones is 1. The number of ether oxygens (including phenoxy) is 2. The number of methoxy groups -OCH3 is 1. The molecular formula is C13H20O3. The molecule has 0 aromatic carbocycles. The average Bonchev–Trinajstić information content (AvgIpc) is 2.59. The molecule has 2 aliphatic carbocycles. The van der Waals surface area contributed by atoms with Crippen molar-refractivity contribution >= 4 is 5.78 Å². The van der Waals surface area contributed by atoms with E-state index in [-0.39, 0.29) is 29.5 Å². The van der Waals surface area contributed by atoms with Crippen molar-refractivity contribution in [3.05, 3.63) is 12.7 Å². The second kappa shape index (κ2) is 3.67. The Labute approximate surface area is 96.8 Å². The fraction of sp³-hybridized carbons (Fsp3) is 0.769. The normalized spacial score (nSPS) is 40.3. The number of carbonyl (C=O) groups is 1. The van der Waals surface area contributed by atoms with Crippen LogP contribution in [0.2, 0.25) is 0 Å². The third-order valence-corrected chi connectivity index (χ3v) is 4.70. The molecule has 90 valence electrons. The molecule has 0 N–H and O–H groups in total. The van der Waals surface area contributed by atoms with E-state index in [1.807, 2.05) is 6.08 Å². The summed E-state index contributed by atoms with van der Waals surface area (Å²) in [6.45, 7) is 8.36. The quantitative estimate of drug-likeness (QED) is 0.542. The predicted octanol–water partition coefficient (Wildman–Crippen LogP) is 2.17. The molecule has 0 spiro atoms. The van der Waals surface area contributed by atoms with Crippen LogP contribution in [0.15, 0.2) is 12.7 Å². The minimum Gasteiger partial charge on any atom is -0.359 e. The topological polar surface area (TPSA) is 35.5 Å². The highest BCUT2D eigenvalue weighted by atomic mass is 16.7. The smallest absolute Gasteiger partial charge is 0.172 e. The van der Waals surface area contributed by atoms with Gasteiger partial charge in [-0.1, -0.05) is 19.9 Å². The van der Waals surface area contributed by atoms with Crippen molar-refractivity contribution < 1.29 is 14.3 Å². The number of Topliss-reactive ketones (excluding diaryl/α,β-unsaturated/α-hetero) is 1. The molecule has 2 bridgehead atoms. The molecule has 0 aromatic rings. The molecule has 0 saturated heterocycles. The van der Waals surface area contributed by atoms with Gasteiger partial charge in [-0.3, -0.25) is 4.79 Å². The number of carbonyl (C=O) groups excluding carboxylic acids is 1. The highest BCUT2D eigenvalue weighted by Gasteiger charge is 2.67. The summed E-state index contributed by atoms with van der Waals surface area (Å²) in [5.41, 5.74) is -0.416. The Morgan fingerprint density at radius 1 is 1.56 bits per heavy atom. The van der Waals surface area contributed by atoms with Crippen molar-refractivity contribution in [3.8, 4) is 0 Å². The van der Waals surface area contributed by atoms with Crippen LogP contribution in [0.25, 0.3) is 0 Å². The lowest BCUT2D eigenvalue weighted by atomic mass is 9.69. The van der Waals surface area contributed by atoms with Crippen LogP contribution >= 0.6 is 0 Å². The summed E-state index contributed by atoms with van der Waals surface area (Å²) in [6, 6.07) is 0. The van der Waals surface area contributed by atoms with E-state index in [0.29, 0.717) is 5.92 Å². The molecule has 0 aliphatic heterocycles. The standard InChI is InChI=1S/C13H20O3/c1-5-13-7-6-9(12(13,2)3)10(11(13)14)16-8-15-4/h5,9-10H,1,6-8H2,2-4H3. The van der Waals surface area contributed by atoms with Gasteiger partial charge >= 0.3 is 0 Å². The maximum atomic E-state index is 12.4. The van der Waals surface area contributed by atoms with Crippen LogP contribution in [0, 0.1) is 16.7 Å². The maximum absolute atomic E-state index is 12.4. The van der Waals surface area contributed by atoms with E-state index in [1.54, 1.807) is 7.11 Å². The molecule has 2 fully saturated rings. The first kappa shape index (κ1) is 11.8. The van der Waals surface area contributed by atoms with Gasteiger partial charge in [0.25, 0.3) is 0 Å². The Hall–Kier alpha value is -0.670. The number of fused-ring (bicyclic) bond motifs is 2. The SMILES string of the molecule is C=CC12CCC(C(OCOC)C1=O)C2(C)C. The van der Waals surface area contributed by atoms with Crippen molar-refractivity contribution in [2.75, 3.05) is 13.9 Å². The molecule has 3 heteroatoms. The molecule has 16 heavy (non-hydrogen) atoms. The van der Waals surface area contributed by atoms with Gasteiger partial charge in [0, 0.05) is 7.11 Å². The zero-order valence-corrected chi connectivity index (χ0v) is 10.3. The summed E-state index contributed by atoms with van der Waals surface area (Å²) in [4.78, 5) is 12.4. The van der Waals surface area contributed by atoms with E-state index in [9.17, 15) is 4.79 Å². The lowest BCUT2D eigenvalue weighted by Crippen LogP contribution is -2.37. The third kappa shape index (κ3) is 1.19. The van der Waals surface area contributed by atoms with E-state index in [4.69, 9.17) is 9.47 Å². The molecule has 0 radical (unpaired) electrons. The molecular weight excluding hydrogens is 204 g/mol. The van der Waals surface area contributed by atoms with Gasteiger partial charge in [-0.25, -0.2) is 0 Å². The Morgan fingerprint density at radius 2 is 2.25 bits per heavy atom. The Morgan fingerprint density at radius 3 is 2.75 bits per heavy atom. The average molecular weight is 224 g/mol. The monoisotopic (exact) mass is 224 g/mol. The van der Waals surface area contributed by atoms with Gasteiger partial charge in [-0.2, -0.15) is 0 Å². The lowest BCUT2D eigenvalue weighted by molar-refractivity contribution is -0.146. The van der Waals surface area contributed by atoms with Gasteiger partial charge < -0.3 is 9.47 Å². The van der Waals surface area contributed by atoms with E-state index in [2.05, 4.69) is 20.4 Å². The van der Waals surface area contributed by atoms with Crippen molar-refractivity contribution in [1.29, 1.82) is 0 Å². The fourth-order valence-corrected chi connectivity index (χ4v) is 3.60. The molecule has 2 saturated carbocycles. The van der Waals surface area contributed by atoms with Crippen LogP contribution in [0.5, 0.6) is 0 Å². The molecule has 2 rings (SSSR count). The first-order chi connectivity index (χ1) is 7.51. The number of allylic oxidation sites excluding steroid dienone is 1. The molecule has 3 unspecified atom stereocenters. The van der Waals surface area contributed by atoms with E-state index in [0.717, 1.165) is 12.8 Å². The molecule has 0 amide bonds. The Kier molecular flexibility index (Phi) is 2.71. The Bertz CT molecular complexity index is 321. The number of hydrogen-bond donors (Lipinski definition) is 0. The minimum atomic E-state index is -0.379. The van der Waals surface area contributed by atoms with Crippen LogP contribution in [-0.2, 0) is 14.3 Å². The molecule has 3 atom stereocenters. The van der Waals surface area contributed by atoms with Gasteiger partial charge in [-0.15, -0.1) is 6.58 Å². The summed E-state index contributed by atoms with van der Waals surface area (Å²) in [5, 5.41) is 0. The largest absolute Gasteiger partial charge is 0.359 e. The third-order valence-electron chi connectivity index (χ3n) is 4.70. The summed E-state index contributed by atoms with van der Waals surface area (Å²) in [5.74, 6) is 0.494. The summed E-state index contributed by atoms with van der Waals surface area (Å²) in [6.07, 6.45) is 3.49. The summed E-state index contributed by atoms with van der Waals surface area (Å²) >= 11 is 0. The van der Waals surface area contributed by atoms with Gasteiger partial charge in [0.1, 0.15) is 12.9 Å². The first-order valence-corrected chi connectivity index (χ1v) is 5.79. The van der Waals surface area contributed by atoms with Crippen molar-refractivity contribution in [2.24, 2.45) is 16.7 Å². The van der Waals surface area contributed by atoms with Gasteiger partial charge in [0.2, 0.25) is 0 Å². The van der Waals surface area contributed by atoms with Gasteiger partial charge in [0.05, 0.1) is 5.41 Å². The Balaban J connectivity index is 2.30. The molecule has 3 nitrogen and oxygen atoms in total. The second-order valence-corrected chi connectivity index (χ2v) is 5.40. The lowest BCUT2D eigenvalue weighted by Gasteiger charge is -2.32. The van der Waals surface area contributed by atoms with Crippen LogP contribution in [0.4, 0.5) is 0 Å². The van der Waals surface area contributed by atoms with Crippen LogP contribution in [0.1, 0.15) is 26.7 Å². The van der Waals surface area contributed by atoms with Crippen LogP contribution in [-0.4, -0.2) is 25.8 Å². The maximum Gasteiger partial charge on any atom is 0.172 e. The van der Waals surface area contributed by atoms with Crippen molar-refractivity contribution in [2.45, 2.75) is 32.8 Å². The van der Waals surface area contributed by atoms with Crippen LogP contribution < -0.4 is 0 Å². The first-order valence-electron chi connectivity index (χ1n) is 5.79. The van der Waals surface area contributed by atoms with E-state index >= 15 is 0 Å². The zero-order chi connectivity index (χ0) is 12.0. The molecule has 0 aromatic heterocycles. The number of hydrogen-bond acceptors (Lipinski definition) is 3. The van der Waals surface area contributed by atoms with Gasteiger partial charge in [0.15, 0.2) is 5.78 Å². The molecule has 0 heterocycles. The van der Waals surface area contributed by atoms with E-state index < -0.39 is 0 Å². The van der Waals surface area contributed by atoms with Crippen LogP contribution in [0.3, 0.4) is 0 Å². The van der Waals surface area contributed by atoms with Crippen molar-refractivity contribution in [3.63, 3.8) is 0 Å². The second-order valence-electron chi connectivity index (χ2n) is 5.40. The number of rotatable bonds is 4. The summed E-state index contributed by atoms with van der Waals surface area (Å²) in [7, 11) is 1.58. The van der Waals surface area contributed by atoms with Crippen molar-refractivity contribution in [1.82, 2.24) is 0 Å². The van der Waals surface area contributed by atoms with E-state index in [1.165, 1.54) is 0 Å². The zero-order valence-electron chi connectivity index (χ0n) is 10.3. The highest BCUT2D eigenvalue weighted by Crippen LogP contribution is 2.64. The highest BCUT2D eigenvalue weighted by molar-refractivity contribution is 5.95. The predicted molar refractivity (Wildman–Crippen MR) is 60.9 cm³/mol. The van der Waals surface area contributed by atoms with Gasteiger partial charge in [-0.05, 0) is 24.2 Å². The summed E-state index contributed by atoms with van der Waals surface area (Å²) < 4.78 is 10.4.